The van der Waals surface area contributed by atoms with Gasteiger partial charge in [0, 0.05) is 12.1 Å². The van der Waals surface area contributed by atoms with Gasteiger partial charge in [-0.3, -0.25) is 10.1 Å². The van der Waals surface area contributed by atoms with Crippen LogP contribution in [0.25, 0.3) is 0 Å². The van der Waals surface area contributed by atoms with Gasteiger partial charge in [-0.25, -0.2) is 0 Å². The van der Waals surface area contributed by atoms with Crippen molar-refractivity contribution in [2.45, 2.75) is 6.42 Å². The van der Waals surface area contributed by atoms with E-state index in [1.165, 1.54) is 5.56 Å². The van der Waals surface area contributed by atoms with E-state index in [0.717, 1.165) is 17.9 Å². The third-order valence-electron chi connectivity index (χ3n) is 4.20. The Labute approximate surface area is 175 Å². The minimum Gasteiger partial charge on any atom is -0.497 e. The SMILES string of the molecule is COc1ccc(NC(=S)NC(=O)c2ccccc2OCCc2ccccc2)cc1. The Kier molecular flexibility index (Phi) is 7.19. The molecule has 0 unspecified atom stereocenters. The summed E-state index contributed by atoms with van der Waals surface area (Å²) in [5, 5.41) is 5.88. The number of hydrogen-bond donors (Lipinski definition) is 2. The van der Waals surface area contributed by atoms with E-state index in [-0.39, 0.29) is 11.0 Å². The fourth-order valence-corrected chi connectivity index (χ4v) is 2.92. The second-order valence-electron chi connectivity index (χ2n) is 6.22. The van der Waals surface area contributed by atoms with Crippen molar-refractivity contribution in [1.82, 2.24) is 5.32 Å². The predicted molar refractivity (Wildman–Crippen MR) is 119 cm³/mol. The van der Waals surface area contributed by atoms with E-state index in [1.54, 1.807) is 25.3 Å². The van der Waals surface area contributed by atoms with Crippen molar-refractivity contribution in [3.8, 4) is 11.5 Å². The maximum absolute atomic E-state index is 12.7. The van der Waals surface area contributed by atoms with E-state index in [1.807, 2.05) is 60.7 Å². The summed E-state index contributed by atoms with van der Waals surface area (Å²) in [6.07, 6.45) is 0.758. The number of carbonyl (C=O) groups excluding carboxylic acids is 1. The lowest BCUT2D eigenvalue weighted by Gasteiger charge is -2.13. The lowest BCUT2D eigenvalue weighted by atomic mass is 10.1. The van der Waals surface area contributed by atoms with Crippen LogP contribution in [0.5, 0.6) is 11.5 Å². The van der Waals surface area contributed by atoms with Crippen LogP contribution in [0.2, 0.25) is 0 Å². The van der Waals surface area contributed by atoms with E-state index in [2.05, 4.69) is 10.6 Å². The Morgan fingerprint density at radius 2 is 1.62 bits per heavy atom. The normalized spacial score (nSPS) is 10.1. The number of hydrogen-bond acceptors (Lipinski definition) is 4. The molecule has 3 aromatic rings. The minimum absolute atomic E-state index is 0.208. The first kappa shape index (κ1) is 20.4. The Bertz CT molecular complexity index is 959. The summed E-state index contributed by atoms with van der Waals surface area (Å²) in [5.74, 6) is 0.937. The summed E-state index contributed by atoms with van der Waals surface area (Å²) >= 11 is 5.25. The van der Waals surface area contributed by atoms with Gasteiger partial charge in [0.2, 0.25) is 0 Å². The second kappa shape index (κ2) is 10.2. The van der Waals surface area contributed by atoms with Crippen molar-refractivity contribution in [2.24, 2.45) is 0 Å². The van der Waals surface area contributed by atoms with Crippen molar-refractivity contribution in [3.05, 3.63) is 90.0 Å². The van der Waals surface area contributed by atoms with Gasteiger partial charge in [-0.1, -0.05) is 42.5 Å². The second-order valence-corrected chi connectivity index (χ2v) is 6.63. The van der Waals surface area contributed by atoms with Crippen LogP contribution >= 0.6 is 12.2 Å². The number of nitrogens with one attached hydrogen (secondary N) is 2. The van der Waals surface area contributed by atoms with Crippen LogP contribution in [0.3, 0.4) is 0 Å². The monoisotopic (exact) mass is 406 g/mol. The van der Waals surface area contributed by atoms with E-state index >= 15 is 0 Å². The highest BCUT2D eigenvalue weighted by atomic mass is 32.1. The first-order chi connectivity index (χ1) is 14.2. The number of carbonyl (C=O) groups is 1. The standard InChI is InChI=1S/C23H22N2O3S/c1-27-19-13-11-18(12-14-19)24-23(29)25-22(26)20-9-5-6-10-21(20)28-16-15-17-7-3-2-4-8-17/h2-14H,15-16H2,1H3,(H2,24,25,26,29). The smallest absolute Gasteiger partial charge is 0.261 e. The topological polar surface area (TPSA) is 59.6 Å². The van der Waals surface area contributed by atoms with Crippen molar-refractivity contribution < 1.29 is 14.3 Å². The summed E-state index contributed by atoms with van der Waals surface area (Å²) in [7, 11) is 1.60. The molecule has 29 heavy (non-hydrogen) atoms. The number of thiocarbonyl (C=S) groups is 1. The molecular weight excluding hydrogens is 384 g/mol. The molecule has 5 nitrogen and oxygen atoms in total. The molecule has 0 bridgehead atoms. The molecule has 1 amide bonds. The molecule has 0 heterocycles. The van der Waals surface area contributed by atoms with Gasteiger partial charge < -0.3 is 14.8 Å². The zero-order valence-electron chi connectivity index (χ0n) is 16.1. The number of methoxy groups -OCH3 is 1. The van der Waals surface area contributed by atoms with Gasteiger partial charge >= 0.3 is 0 Å². The van der Waals surface area contributed by atoms with E-state index in [9.17, 15) is 4.79 Å². The number of benzene rings is 3. The average molecular weight is 407 g/mol. The molecule has 0 saturated carbocycles. The van der Waals surface area contributed by atoms with Crippen LogP contribution in [-0.2, 0) is 6.42 Å². The van der Waals surface area contributed by atoms with Crippen LogP contribution in [0.1, 0.15) is 15.9 Å². The third kappa shape index (κ3) is 6.05. The molecule has 148 valence electrons. The molecule has 0 aliphatic rings. The number of ether oxygens (including phenoxy) is 2. The largest absolute Gasteiger partial charge is 0.497 e. The van der Waals surface area contributed by atoms with Crippen LogP contribution in [0.4, 0.5) is 5.69 Å². The summed E-state index contributed by atoms with van der Waals surface area (Å²) in [5.41, 5.74) is 2.36. The third-order valence-corrected chi connectivity index (χ3v) is 4.40. The molecule has 0 radical (unpaired) electrons. The molecule has 3 aromatic carbocycles. The number of rotatable bonds is 7. The number of anilines is 1. The maximum Gasteiger partial charge on any atom is 0.261 e. The molecule has 6 heteroatoms. The fraction of sp³-hybridized carbons (Fsp3) is 0.130. The van der Waals surface area contributed by atoms with E-state index in [4.69, 9.17) is 21.7 Å². The summed E-state index contributed by atoms with van der Waals surface area (Å²) < 4.78 is 11.0. The molecule has 0 aromatic heterocycles. The summed E-state index contributed by atoms with van der Waals surface area (Å²) in [4.78, 5) is 12.7. The zero-order chi connectivity index (χ0) is 20.5. The summed E-state index contributed by atoms with van der Waals surface area (Å²) in [6.45, 7) is 0.475. The molecule has 0 aliphatic heterocycles. The van der Waals surface area contributed by atoms with Crippen molar-refractivity contribution >= 4 is 28.9 Å². The van der Waals surface area contributed by atoms with E-state index in [0.29, 0.717) is 17.9 Å². The van der Waals surface area contributed by atoms with Gasteiger partial charge in [0.1, 0.15) is 11.5 Å². The molecule has 0 saturated heterocycles. The Morgan fingerprint density at radius 1 is 0.931 bits per heavy atom. The van der Waals surface area contributed by atoms with Crippen molar-refractivity contribution in [3.63, 3.8) is 0 Å². The lowest BCUT2D eigenvalue weighted by molar-refractivity contribution is 0.0974. The Hall–Kier alpha value is -3.38. The lowest BCUT2D eigenvalue weighted by Crippen LogP contribution is -2.34. The van der Waals surface area contributed by atoms with Gasteiger partial charge in [-0.05, 0) is 54.2 Å². The number of para-hydroxylation sites is 1. The van der Waals surface area contributed by atoms with Gasteiger partial charge in [-0.15, -0.1) is 0 Å². The average Bonchev–Trinajstić information content (AvgIpc) is 2.75. The molecule has 0 atom stereocenters. The molecule has 0 fully saturated rings. The molecular formula is C23H22N2O3S. The Balaban J connectivity index is 1.57. The molecule has 0 aliphatic carbocycles. The van der Waals surface area contributed by atoms with Crippen LogP contribution in [-0.4, -0.2) is 24.7 Å². The maximum atomic E-state index is 12.7. The van der Waals surface area contributed by atoms with Crippen LogP contribution < -0.4 is 20.1 Å². The Morgan fingerprint density at radius 3 is 2.34 bits per heavy atom. The fourth-order valence-electron chi connectivity index (χ4n) is 2.71. The molecule has 3 rings (SSSR count). The quantitative estimate of drug-likeness (QED) is 0.568. The first-order valence-corrected chi connectivity index (χ1v) is 9.58. The van der Waals surface area contributed by atoms with Crippen LogP contribution in [0.15, 0.2) is 78.9 Å². The number of amides is 1. The van der Waals surface area contributed by atoms with E-state index < -0.39 is 0 Å². The zero-order valence-corrected chi connectivity index (χ0v) is 16.9. The predicted octanol–water partition coefficient (Wildman–Crippen LogP) is 4.44. The highest BCUT2D eigenvalue weighted by molar-refractivity contribution is 7.80. The van der Waals surface area contributed by atoms with Crippen molar-refractivity contribution in [2.75, 3.05) is 19.0 Å². The van der Waals surface area contributed by atoms with Crippen molar-refractivity contribution in [1.29, 1.82) is 0 Å². The van der Waals surface area contributed by atoms with Gasteiger partial charge in [-0.2, -0.15) is 0 Å². The molecule has 2 N–H and O–H groups in total. The van der Waals surface area contributed by atoms with Gasteiger partial charge in [0.05, 0.1) is 19.3 Å². The molecule has 0 spiro atoms. The highest BCUT2D eigenvalue weighted by Gasteiger charge is 2.13. The first-order valence-electron chi connectivity index (χ1n) is 9.18. The van der Waals surface area contributed by atoms with Gasteiger partial charge in [0.25, 0.3) is 5.91 Å². The summed E-state index contributed by atoms with van der Waals surface area (Å²) in [6, 6.07) is 24.4. The van der Waals surface area contributed by atoms with Crippen LogP contribution in [0, 0.1) is 0 Å². The van der Waals surface area contributed by atoms with Gasteiger partial charge in [0.15, 0.2) is 5.11 Å². The minimum atomic E-state index is -0.327. The highest BCUT2D eigenvalue weighted by Crippen LogP contribution is 2.19.